The van der Waals surface area contributed by atoms with Crippen molar-refractivity contribution >= 4 is 17.8 Å². The van der Waals surface area contributed by atoms with Crippen LogP contribution in [0.4, 0.5) is 0 Å². The highest BCUT2D eigenvalue weighted by atomic mass is 16.5. The van der Waals surface area contributed by atoms with Gasteiger partial charge in [0.05, 0.1) is 12.7 Å². The van der Waals surface area contributed by atoms with Gasteiger partial charge < -0.3 is 20.5 Å². The van der Waals surface area contributed by atoms with E-state index in [0.717, 1.165) is 0 Å². The first-order valence-electron chi connectivity index (χ1n) is 7.69. The Balaban J connectivity index is 2.18. The second-order valence-electron chi connectivity index (χ2n) is 6.34. The normalized spacial score (nSPS) is 37.0. The van der Waals surface area contributed by atoms with E-state index in [1.54, 1.807) is 13.8 Å². The standard InChI is InChI=1S/C15H24N2O5/c1-5-22-14(21)15(6-10(19)11-7(2)12(11)15)17-13(20)8(3)16-9(4)18/h7-8,10-12,19H,5-6H2,1-4H3,(H,16,18)(H,17,20)/t7-,8-,10-,11+,12+,15-/m0/s1. The fraction of sp³-hybridized carbons (Fsp3) is 0.800. The SMILES string of the molecule is CCOC(=O)[C@]1(NC(=O)[C@H](C)NC(C)=O)C[C@H](O)[C@H]2[C@H](C)[C@H]21. The minimum absolute atomic E-state index is 0.0146. The van der Waals surface area contributed by atoms with Crippen LogP contribution in [0.1, 0.15) is 34.1 Å². The molecule has 22 heavy (non-hydrogen) atoms. The molecular formula is C15H24N2O5. The average Bonchev–Trinajstić information content (AvgIpc) is 2.98. The Kier molecular flexibility index (Phi) is 4.47. The molecule has 2 fully saturated rings. The molecule has 7 heteroatoms. The third-order valence-electron chi connectivity index (χ3n) is 4.79. The Bertz CT molecular complexity index is 494. The van der Waals surface area contributed by atoms with E-state index in [-0.39, 0.29) is 36.7 Å². The molecule has 2 aliphatic carbocycles. The van der Waals surface area contributed by atoms with Crippen LogP contribution in [0, 0.1) is 17.8 Å². The lowest BCUT2D eigenvalue weighted by molar-refractivity contribution is -0.155. The molecule has 0 aromatic rings. The molecule has 2 saturated carbocycles. The largest absolute Gasteiger partial charge is 0.464 e. The molecule has 0 aromatic heterocycles. The smallest absolute Gasteiger partial charge is 0.332 e. The Labute approximate surface area is 129 Å². The van der Waals surface area contributed by atoms with E-state index in [9.17, 15) is 19.5 Å². The van der Waals surface area contributed by atoms with Gasteiger partial charge in [-0.05, 0) is 25.7 Å². The summed E-state index contributed by atoms with van der Waals surface area (Å²) in [6, 6.07) is -0.756. The zero-order valence-corrected chi connectivity index (χ0v) is 13.4. The molecule has 0 heterocycles. The Morgan fingerprint density at radius 1 is 1.41 bits per heavy atom. The number of carbonyl (C=O) groups excluding carboxylic acids is 3. The van der Waals surface area contributed by atoms with Gasteiger partial charge >= 0.3 is 5.97 Å². The lowest BCUT2D eigenvalue weighted by Crippen LogP contribution is -2.60. The van der Waals surface area contributed by atoms with Gasteiger partial charge in [-0.1, -0.05) is 6.92 Å². The summed E-state index contributed by atoms with van der Waals surface area (Å²) in [6.07, 6.45) is -0.467. The predicted octanol–water partition coefficient (Wildman–Crippen LogP) is -0.424. The van der Waals surface area contributed by atoms with Crippen molar-refractivity contribution in [1.29, 1.82) is 0 Å². The van der Waals surface area contributed by atoms with Gasteiger partial charge in [-0.15, -0.1) is 0 Å². The van der Waals surface area contributed by atoms with Gasteiger partial charge in [-0.3, -0.25) is 9.59 Å². The summed E-state index contributed by atoms with van der Waals surface area (Å²) < 4.78 is 5.13. The number of rotatable bonds is 5. The third-order valence-corrected chi connectivity index (χ3v) is 4.79. The van der Waals surface area contributed by atoms with Crippen LogP contribution in [0.25, 0.3) is 0 Å². The van der Waals surface area contributed by atoms with Crippen molar-refractivity contribution in [1.82, 2.24) is 10.6 Å². The summed E-state index contributed by atoms with van der Waals surface area (Å²) in [4.78, 5) is 35.8. The van der Waals surface area contributed by atoms with E-state index >= 15 is 0 Å². The molecule has 2 amide bonds. The van der Waals surface area contributed by atoms with E-state index in [1.807, 2.05) is 6.92 Å². The number of nitrogens with one attached hydrogen (secondary N) is 2. The zero-order valence-electron chi connectivity index (χ0n) is 13.4. The molecule has 2 aliphatic rings. The molecule has 0 radical (unpaired) electrons. The second-order valence-corrected chi connectivity index (χ2v) is 6.34. The summed E-state index contributed by atoms with van der Waals surface area (Å²) in [6.45, 7) is 6.74. The first-order chi connectivity index (χ1) is 10.2. The number of aliphatic hydroxyl groups excluding tert-OH is 1. The van der Waals surface area contributed by atoms with E-state index in [0.29, 0.717) is 0 Å². The quantitative estimate of drug-likeness (QED) is 0.598. The Morgan fingerprint density at radius 2 is 2.05 bits per heavy atom. The monoisotopic (exact) mass is 312 g/mol. The van der Waals surface area contributed by atoms with Crippen molar-refractivity contribution in [2.75, 3.05) is 6.61 Å². The lowest BCUT2D eigenvalue weighted by Gasteiger charge is -2.32. The van der Waals surface area contributed by atoms with Crippen LogP contribution < -0.4 is 10.6 Å². The highest BCUT2D eigenvalue weighted by molar-refractivity contribution is 5.93. The van der Waals surface area contributed by atoms with Gasteiger partial charge in [0, 0.05) is 19.3 Å². The zero-order chi connectivity index (χ0) is 16.7. The average molecular weight is 312 g/mol. The molecule has 7 nitrogen and oxygen atoms in total. The topological polar surface area (TPSA) is 105 Å². The summed E-state index contributed by atoms with van der Waals surface area (Å²) in [5.41, 5.74) is -1.19. The molecule has 0 unspecified atom stereocenters. The van der Waals surface area contributed by atoms with Gasteiger partial charge in [0.2, 0.25) is 11.8 Å². The summed E-state index contributed by atoms with van der Waals surface area (Å²) in [5, 5.41) is 15.4. The molecule has 0 spiro atoms. The van der Waals surface area contributed by atoms with Gasteiger partial charge in [0.15, 0.2) is 0 Å². The summed E-state index contributed by atoms with van der Waals surface area (Å²) >= 11 is 0. The first-order valence-corrected chi connectivity index (χ1v) is 7.69. The molecule has 124 valence electrons. The fourth-order valence-corrected chi connectivity index (χ4v) is 3.83. The second kappa shape index (κ2) is 5.87. The third kappa shape index (κ3) is 2.69. The first kappa shape index (κ1) is 16.7. The Hall–Kier alpha value is -1.63. The van der Waals surface area contributed by atoms with Crippen molar-refractivity contribution in [2.24, 2.45) is 17.8 Å². The molecule has 6 atom stereocenters. The highest BCUT2D eigenvalue weighted by Gasteiger charge is 2.71. The molecule has 0 aliphatic heterocycles. The molecule has 2 rings (SSSR count). The van der Waals surface area contributed by atoms with Gasteiger partial charge in [0.25, 0.3) is 0 Å². The molecule has 0 saturated heterocycles. The molecule has 0 aromatic carbocycles. The number of aliphatic hydroxyl groups is 1. The van der Waals surface area contributed by atoms with Crippen molar-refractivity contribution in [3.63, 3.8) is 0 Å². The van der Waals surface area contributed by atoms with Crippen molar-refractivity contribution < 1.29 is 24.2 Å². The lowest BCUT2D eigenvalue weighted by atomic mass is 9.89. The van der Waals surface area contributed by atoms with Crippen LogP contribution >= 0.6 is 0 Å². The predicted molar refractivity (Wildman–Crippen MR) is 77.6 cm³/mol. The van der Waals surface area contributed by atoms with Crippen LogP contribution in [0.3, 0.4) is 0 Å². The van der Waals surface area contributed by atoms with E-state index in [2.05, 4.69) is 10.6 Å². The number of hydrogen-bond acceptors (Lipinski definition) is 5. The van der Waals surface area contributed by atoms with Gasteiger partial charge in [-0.25, -0.2) is 4.79 Å². The van der Waals surface area contributed by atoms with Gasteiger partial charge in [0.1, 0.15) is 11.6 Å². The minimum Gasteiger partial charge on any atom is -0.464 e. The highest BCUT2D eigenvalue weighted by Crippen LogP contribution is 2.62. The molecule has 0 bridgehead atoms. The summed E-state index contributed by atoms with van der Waals surface area (Å²) in [7, 11) is 0. The van der Waals surface area contributed by atoms with Crippen molar-refractivity contribution in [3.05, 3.63) is 0 Å². The van der Waals surface area contributed by atoms with Crippen LogP contribution in [0.5, 0.6) is 0 Å². The number of hydrogen-bond donors (Lipinski definition) is 3. The number of esters is 1. The maximum Gasteiger partial charge on any atom is 0.332 e. The number of ether oxygens (including phenoxy) is 1. The van der Waals surface area contributed by atoms with Crippen LogP contribution in [-0.2, 0) is 19.1 Å². The van der Waals surface area contributed by atoms with E-state index in [1.165, 1.54) is 6.92 Å². The Morgan fingerprint density at radius 3 is 2.50 bits per heavy atom. The van der Waals surface area contributed by atoms with Gasteiger partial charge in [-0.2, -0.15) is 0 Å². The number of carbonyl (C=O) groups is 3. The minimum atomic E-state index is -1.19. The van der Waals surface area contributed by atoms with Crippen LogP contribution in [-0.4, -0.2) is 47.2 Å². The maximum atomic E-state index is 12.4. The fourth-order valence-electron chi connectivity index (χ4n) is 3.83. The summed E-state index contributed by atoms with van der Waals surface area (Å²) in [5.74, 6) is -1.22. The van der Waals surface area contributed by atoms with Crippen LogP contribution in [0.15, 0.2) is 0 Å². The molecule has 3 N–H and O–H groups in total. The van der Waals surface area contributed by atoms with Crippen molar-refractivity contribution in [2.45, 2.75) is 51.8 Å². The number of amides is 2. The maximum absolute atomic E-state index is 12.4. The van der Waals surface area contributed by atoms with Crippen molar-refractivity contribution in [3.8, 4) is 0 Å². The van der Waals surface area contributed by atoms with Crippen LogP contribution in [0.2, 0.25) is 0 Å². The van der Waals surface area contributed by atoms with E-state index < -0.39 is 29.6 Å². The molecular weight excluding hydrogens is 288 g/mol. The van der Waals surface area contributed by atoms with E-state index in [4.69, 9.17) is 4.74 Å². The number of fused-ring (bicyclic) bond motifs is 1.